The second kappa shape index (κ2) is 10.9. The number of nitrogens with one attached hydrogen (secondary N) is 2. The van der Waals surface area contributed by atoms with Gasteiger partial charge in [0.1, 0.15) is 11.6 Å². The molecule has 0 atom stereocenters. The van der Waals surface area contributed by atoms with Gasteiger partial charge in [0.15, 0.2) is 5.96 Å². The second-order valence-corrected chi connectivity index (χ2v) is 4.93. The molecule has 138 valence electrons. The van der Waals surface area contributed by atoms with E-state index in [0.29, 0.717) is 19.0 Å². The number of rotatable bonds is 7. The molecule has 0 aliphatic heterocycles. The Morgan fingerprint density at radius 2 is 2.00 bits per heavy atom. The predicted octanol–water partition coefficient (Wildman–Crippen LogP) is 3.16. The van der Waals surface area contributed by atoms with Crippen molar-refractivity contribution in [1.82, 2.24) is 20.2 Å². The molecule has 0 radical (unpaired) electrons. The Kier molecular flexibility index (Phi) is 9.17. The number of guanidine groups is 1. The lowest BCUT2D eigenvalue weighted by Crippen LogP contribution is -2.37. The molecular weight excluding hydrogens is 443 g/mol. The van der Waals surface area contributed by atoms with Crippen molar-refractivity contribution in [2.75, 3.05) is 13.7 Å². The fraction of sp³-hybridized carbons (Fsp3) is 0.375. The zero-order valence-electron chi connectivity index (χ0n) is 14.1. The lowest BCUT2D eigenvalue weighted by Gasteiger charge is -2.12. The number of aliphatic imine (C=N–C) groups is 1. The molecule has 9 heteroatoms. The Bertz CT molecular complexity index is 661. The molecule has 0 aliphatic rings. The van der Waals surface area contributed by atoms with Gasteiger partial charge in [-0.05, 0) is 24.6 Å². The van der Waals surface area contributed by atoms with Gasteiger partial charge in [0.05, 0.1) is 20.2 Å². The van der Waals surface area contributed by atoms with Gasteiger partial charge in [-0.25, -0.2) is 9.98 Å². The number of imidazole rings is 1. The number of hydrogen-bond acceptors (Lipinski definition) is 3. The molecule has 1 aromatic carbocycles. The van der Waals surface area contributed by atoms with E-state index in [1.807, 2.05) is 31.2 Å². The number of methoxy groups -OCH3 is 1. The summed E-state index contributed by atoms with van der Waals surface area (Å²) in [6.07, 6.45) is 2.60. The highest BCUT2D eigenvalue weighted by atomic mass is 127. The minimum Gasteiger partial charge on any atom is -0.497 e. The Labute approximate surface area is 162 Å². The molecule has 1 heterocycles. The monoisotopic (exact) mass is 465 g/mol. The van der Waals surface area contributed by atoms with Gasteiger partial charge >= 0.3 is 6.55 Å². The lowest BCUT2D eigenvalue weighted by atomic mass is 10.2. The number of alkyl halides is 2. The summed E-state index contributed by atoms with van der Waals surface area (Å²) in [6.45, 7) is 0.611. The van der Waals surface area contributed by atoms with Crippen molar-refractivity contribution in [3.8, 4) is 5.75 Å². The van der Waals surface area contributed by atoms with Crippen LogP contribution in [0.25, 0.3) is 0 Å². The van der Waals surface area contributed by atoms with Crippen molar-refractivity contribution in [2.24, 2.45) is 4.99 Å². The molecule has 0 saturated heterocycles. The number of benzene rings is 1. The van der Waals surface area contributed by atoms with E-state index in [2.05, 4.69) is 20.6 Å². The van der Waals surface area contributed by atoms with Gasteiger partial charge in [0, 0.05) is 18.9 Å². The molecule has 6 nitrogen and oxygen atoms in total. The summed E-state index contributed by atoms with van der Waals surface area (Å²) in [5.74, 6) is 1.57. The molecule has 0 unspecified atom stereocenters. The molecule has 2 rings (SSSR count). The summed E-state index contributed by atoms with van der Waals surface area (Å²) in [5.41, 5.74) is 1.02. The highest BCUT2D eigenvalue weighted by molar-refractivity contribution is 14.0. The summed E-state index contributed by atoms with van der Waals surface area (Å²) >= 11 is 0. The van der Waals surface area contributed by atoms with Crippen molar-refractivity contribution in [1.29, 1.82) is 0 Å². The number of nitrogens with zero attached hydrogens (tertiary/aromatic N) is 3. The fourth-order valence-electron chi connectivity index (χ4n) is 2.06. The maximum atomic E-state index is 12.8. The van der Waals surface area contributed by atoms with Crippen LogP contribution in [0.5, 0.6) is 5.75 Å². The summed E-state index contributed by atoms with van der Waals surface area (Å²) < 4.78 is 31.5. The summed E-state index contributed by atoms with van der Waals surface area (Å²) in [6, 6.07) is 7.58. The first-order valence-corrected chi connectivity index (χ1v) is 7.59. The largest absolute Gasteiger partial charge is 0.497 e. The van der Waals surface area contributed by atoms with Crippen molar-refractivity contribution >= 4 is 29.9 Å². The molecule has 0 saturated carbocycles. The molecule has 0 fully saturated rings. The van der Waals surface area contributed by atoms with Crippen LogP contribution >= 0.6 is 24.0 Å². The van der Waals surface area contributed by atoms with Crippen LogP contribution in [-0.2, 0) is 13.1 Å². The van der Waals surface area contributed by atoms with Gasteiger partial charge in [-0.1, -0.05) is 12.1 Å². The predicted molar refractivity (Wildman–Crippen MR) is 104 cm³/mol. The van der Waals surface area contributed by atoms with Crippen LogP contribution in [-0.4, -0.2) is 29.2 Å². The molecular formula is C16H22F2IN5O. The summed E-state index contributed by atoms with van der Waals surface area (Å²) in [7, 11) is 1.61. The third-order valence-electron chi connectivity index (χ3n) is 3.30. The number of hydrogen-bond donors (Lipinski definition) is 2. The van der Waals surface area contributed by atoms with Crippen LogP contribution in [0, 0.1) is 0 Å². The normalized spacial score (nSPS) is 11.2. The van der Waals surface area contributed by atoms with Crippen LogP contribution in [0.2, 0.25) is 0 Å². The first-order valence-electron chi connectivity index (χ1n) is 7.59. The minimum absolute atomic E-state index is 0. The van der Waals surface area contributed by atoms with Crippen molar-refractivity contribution in [3.05, 3.63) is 48.0 Å². The maximum Gasteiger partial charge on any atom is 0.319 e. The van der Waals surface area contributed by atoms with Crippen LogP contribution in [0.3, 0.4) is 0 Å². The Hall–Kier alpha value is -1.91. The van der Waals surface area contributed by atoms with E-state index in [1.165, 1.54) is 12.4 Å². The zero-order valence-corrected chi connectivity index (χ0v) is 16.4. The first-order chi connectivity index (χ1) is 11.6. The van der Waals surface area contributed by atoms with Crippen LogP contribution < -0.4 is 15.4 Å². The van der Waals surface area contributed by atoms with E-state index < -0.39 is 6.55 Å². The highest BCUT2D eigenvalue weighted by Crippen LogP contribution is 2.13. The summed E-state index contributed by atoms with van der Waals surface area (Å²) in [5, 5.41) is 6.08. The SMILES string of the molecule is CCNC(=NCc1ccc(OC)cc1)NCc1nccn1C(F)F.I. The van der Waals surface area contributed by atoms with Crippen LogP contribution in [0.4, 0.5) is 8.78 Å². The minimum atomic E-state index is -2.61. The molecule has 25 heavy (non-hydrogen) atoms. The second-order valence-electron chi connectivity index (χ2n) is 4.93. The number of aromatic nitrogens is 2. The standard InChI is InChI=1S/C16H21F2N5O.HI/c1-3-19-16(21-10-12-4-6-13(24-2)7-5-12)22-11-14-20-8-9-23(14)15(17)18;/h4-9,15H,3,10-11H2,1-2H3,(H2,19,21,22);1H. The van der Waals surface area contributed by atoms with Gasteiger partial charge in [-0.3, -0.25) is 4.57 Å². The van der Waals surface area contributed by atoms with Crippen LogP contribution in [0.1, 0.15) is 24.9 Å². The molecule has 1 aromatic heterocycles. The molecule has 2 aromatic rings. The molecule has 2 N–H and O–H groups in total. The van der Waals surface area contributed by atoms with E-state index >= 15 is 0 Å². The van der Waals surface area contributed by atoms with Gasteiger partial charge in [-0.2, -0.15) is 8.78 Å². The molecule has 0 spiro atoms. The van der Waals surface area contributed by atoms with E-state index in [1.54, 1.807) is 7.11 Å². The van der Waals surface area contributed by atoms with Gasteiger partial charge in [0.25, 0.3) is 0 Å². The Morgan fingerprint density at radius 3 is 2.60 bits per heavy atom. The lowest BCUT2D eigenvalue weighted by molar-refractivity contribution is 0.0668. The first kappa shape index (κ1) is 21.1. The topological polar surface area (TPSA) is 63.5 Å². The molecule has 0 bridgehead atoms. The maximum absolute atomic E-state index is 12.8. The molecule has 0 amide bonds. The zero-order chi connectivity index (χ0) is 17.4. The number of halogens is 3. The van der Waals surface area contributed by atoms with E-state index in [-0.39, 0.29) is 36.3 Å². The smallest absolute Gasteiger partial charge is 0.319 e. The average molecular weight is 465 g/mol. The third-order valence-corrected chi connectivity index (χ3v) is 3.30. The van der Waals surface area contributed by atoms with Crippen LogP contribution in [0.15, 0.2) is 41.7 Å². The third kappa shape index (κ3) is 6.48. The van der Waals surface area contributed by atoms with Crippen molar-refractivity contribution in [3.63, 3.8) is 0 Å². The Morgan fingerprint density at radius 1 is 1.28 bits per heavy atom. The summed E-state index contributed by atoms with van der Waals surface area (Å²) in [4.78, 5) is 8.37. The number of ether oxygens (including phenoxy) is 1. The van der Waals surface area contributed by atoms with Crippen molar-refractivity contribution < 1.29 is 13.5 Å². The highest BCUT2D eigenvalue weighted by Gasteiger charge is 2.11. The van der Waals surface area contributed by atoms with E-state index in [0.717, 1.165) is 15.9 Å². The van der Waals surface area contributed by atoms with Gasteiger partial charge < -0.3 is 15.4 Å². The van der Waals surface area contributed by atoms with Crippen molar-refractivity contribution in [2.45, 2.75) is 26.6 Å². The van der Waals surface area contributed by atoms with E-state index in [9.17, 15) is 8.78 Å². The van der Waals surface area contributed by atoms with E-state index in [4.69, 9.17) is 4.74 Å². The fourth-order valence-corrected chi connectivity index (χ4v) is 2.06. The Balaban J connectivity index is 0.00000312. The van der Waals surface area contributed by atoms with Gasteiger partial charge in [0.2, 0.25) is 0 Å². The van der Waals surface area contributed by atoms with Gasteiger partial charge in [-0.15, -0.1) is 24.0 Å². The average Bonchev–Trinajstić information content (AvgIpc) is 3.06. The molecule has 0 aliphatic carbocycles. The quantitative estimate of drug-likeness (QED) is 0.375.